The molecule has 72 valence electrons. The van der Waals surface area contributed by atoms with Gasteiger partial charge in [0.2, 0.25) is 0 Å². The first-order valence-electron chi connectivity index (χ1n) is 3.95. The molecule has 13 heavy (non-hydrogen) atoms. The normalized spacial score (nSPS) is 12.5. The Balaban J connectivity index is 2.58. The van der Waals surface area contributed by atoms with Crippen LogP contribution in [-0.2, 0) is 0 Å². The molecule has 0 aliphatic rings. The van der Waals surface area contributed by atoms with E-state index in [1.165, 1.54) is 11.8 Å². The molecule has 3 nitrogen and oxygen atoms in total. The van der Waals surface area contributed by atoms with Crippen molar-refractivity contribution in [2.45, 2.75) is 10.3 Å². The van der Waals surface area contributed by atoms with Crippen molar-refractivity contribution in [1.29, 1.82) is 0 Å². The number of nitrogens with two attached hydrogens (primary N) is 1. The molecule has 1 aromatic carbocycles. The van der Waals surface area contributed by atoms with Gasteiger partial charge in [-0.05, 0) is 24.3 Å². The summed E-state index contributed by atoms with van der Waals surface area (Å²) in [5.74, 6) is 0.812. The summed E-state index contributed by atoms with van der Waals surface area (Å²) in [5, 5.41) is 9.24. The van der Waals surface area contributed by atoms with Gasteiger partial charge in [-0.1, -0.05) is 11.8 Å². The lowest BCUT2D eigenvalue weighted by Crippen LogP contribution is -2.15. The standard InChI is InChI=1S/C9H13NO2S/c1-12-7-2-4-8(5-3-7)13-9(11)6-10/h2-5,9,11H,6,10H2,1H3. The third-order valence-corrected chi connectivity index (χ3v) is 2.54. The van der Waals surface area contributed by atoms with Crippen molar-refractivity contribution in [2.24, 2.45) is 5.73 Å². The van der Waals surface area contributed by atoms with E-state index >= 15 is 0 Å². The Kier molecular flexibility index (Phi) is 4.08. The number of thioether (sulfide) groups is 1. The topological polar surface area (TPSA) is 55.5 Å². The maximum Gasteiger partial charge on any atom is 0.118 e. The van der Waals surface area contributed by atoms with Gasteiger partial charge in [-0.2, -0.15) is 0 Å². The van der Waals surface area contributed by atoms with E-state index in [1.54, 1.807) is 7.11 Å². The lowest BCUT2D eigenvalue weighted by atomic mass is 10.3. The molecule has 0 bridgehead atoms. The molecule has 0 saturated heterocycles. The number of methoxy groups -OCH3 is 1. The Labute approximate surface area is 81.9 Å². The fourth-order valence-electron chi connectivity index (χ4n) is 0.859. The molecule has 1 rings (SSSR count). The highest BCUT2D eigenvalue weighted by molar-refractivity contribution is 7.99. The molecule has 0 aliphatic heterocycles. The van der Waals surface area contributed by atoms with Crippen LogP contribution >= 0.6 is 11.8 Å². The van der Waals surface area contributed by atoms with Crippen molar-refractivity contribution >= 4 is 11.8 Å². The smallest absolute Gasteiger partial charge is 0.118 e. The second kappa shape index (κ2) is 5.11. The minimum absolute atomic E-state index is 0.261. The van der Waals surface area contributed by atoms with E-state index in [-0.39, 0.29) is 6.54 Å². The van der Waals surface area contributed by atoms with E-state index in [0.29, 0.717) is 0 Å². The molecule has 3 N–H and O–H groups in total. The SMILES string of the molecule is COc1ccc(SC(O)CN)cc1. The Bertz CT molecular complexity index is 250. The van der Waals surface area contributed by atoms with E-state index < -0.39 is 5.44 Å². The molecule has 0 aromatic heterocycles. The number of hydrogen-bond donors (Lipinski definition) is 2. The first-order chi connectivity index (χ1) is 6.26. The number of ether oxygens (including phenoxy) is 1. The summed E-state index contributed by atoms with van der Waals surface area (Å²) in [6.45, 7) is 0.261. The molecule has 0 saturated carbocycles. The van der Waals surface area contributed by atoms with Crippen LogP contribution in [-0.4, -0.2) is 24.2 Å². The van der Waals surface area contributed by atoms with Gasteiger partial charge in [-0.25, -0.2) is 0 Å². The summed E-state index contributed by atoms with van der Waals surface area (Å²) in [7, 11) is 1.62. The van der Waals surface area contributed by atoms with Gasteiger partial charge in [-0.3, -0.25) is 0 Å². The number of hydrogen-bond acceptors (Lipinski definition) is 4. The highest BCUT2D eigenvalue weighted by Crippen LogP contribution is 2.23. The van der Waals surface area contributed by atoms with Crippen molar-refractivity contribution in [3.05, 3.63) is 24.3 Å². The van der Waals surface area contributed by atoms with Crippen molar-refractivity contribution in [1.82, 2.24) is 0 Å². The van der Waals surface area contributed by atoms with Crippen LogP contribution in [0.3, 0.4) is 0 Å². The van der Waals surface area contributed by atoms with Crippen LogP contribution in [0.1, 0.15) is 0 Å². The van der Waals surface area contributed by atoms with E-state index in [2.05, 4.69) is 0 Å². The van der Waals surface area contributed by atoms with Gasteiger partial charge in [0.1, 0.15) is 11.2 Å². The molecule has 1 atom stereocenters. The average molecular weight is 199 g/mol. The monoisotopic (exact) mass is 199 g/mol. The summed E-state index contributed by atoms with van der Waals surface area (Å²) in [5.41, 5.74) is 4.75. The molecule has 0 aliphatic carbocycles. The van der Waals surface area contributed by atoms with E-state index in [9.17, 15) is 5.11 Å². The van der Waals surface area contributed by atoms with Crippen molar-refractivity contribution in [3.63, 3.8) is 0 Å². The average Bonchev–Trinajstić information content (AvgIpc) is 2.19. The van der Waals surface area contributed by atoms with Gasteiger partial charge in [0.05, 0.1) is 7.11 Å². The summed E-state index contributed by atoms with van der Waals surface area (Å²) in [6.07, 6.45) is 0. The third kappa shape index (κ3) is 3.26. The van der Waals surface area contributed by atoms with Crippen LogP contribution in [0, 0.1) is 0 Å². The second-order valence-corrected chi connectivity index (χ2v) is 3.73. The van der Waals surface area contributed by atoms with Gasteiger partial charge in [-0.15, -0.1) is 0 Å². The largest absolute Gasteiger partial charge is 0.497 e. The van der Waals surface area contributed by atoms with E-state index in [0.717, 1.165) is 10.6 Å². The molecular formula is C9H13NO2S. The van der Waals surface area contributed by atoms with E-state index in [4.69, 9.17) is 10.5 Å². The Morgan fingerprint density at radius 3 is 2.54 bits per heavy atom. The molecule has 1 unspecified atom stereocenters. The van der Waals surface area contributed by atoms with E-state index in [1.807, 2.05) is 24.3 Å². The predicted octanol–water partition coefficient (Wildman–Crippen LogP) is 1.06. The van der Waals surface area contributed by atoms with Gasteiger partial charge in [0.25, 0.3) is 0 Å². The molecule has 1 aromatic rings. The van der Waals surface area contributed by atoms with Crippen molar-refractivity contribution in [3.8, 4) is 5.75 Å². The number of aliphatic hydroxyl groups is 1. The molecule has 0 amide bonds. The summed E-state index contributed by atoms with van der Waals surface area (Å²) in [6, 6.07) is 7.49. The quantitative estimate of drug-likeness (QED) is 0.562. The maximum atomic E-state index is 9.24. The summed E-state index contributed by atoms with van der Waals surface area (Å²) < 4.78 is 5.00. The van der Waals surface area contributed by atoms with Crippen LogP contribution in [0.4, 0.5) is 0 Å². The third-order valence-electron chi connectivity index (χ3n) is 1.53. The summed E-state index contributed by atoms with van der Waals surface area (Å²) >= 11 is 1.34. The fraction of sp³-hybridized carbons (Fsp3) is 0.333. The zero-order valence-corrected chi connectivity index (χ0v) is 8.25. The minimum Gasteiger partial charge on any atom is -0.497 e. The van der Waals surface area contributed by atoms with Crippen LogP contribution in [0.2, 0.25) is 0 Å². The fourth-order valence-corrected chi connectivity index (χ4v) is 1.56. The first kappa shape index (κ1) is 10.4. The Morgan fingerprint density at radius 2 is 2.08 bits per heavy atom. The summed E-state index contributed by atoms with van der Waals surface area (Å²) in [4.78, 5) is 0.985. The van der Waals surface area contributed by atoms with Gasteiger partial charge < -0.3 is 15.6 Å². The predicted molar refractivity (Wildman–Crippen MR) is 53.9 cm³/mol. The number of aliphatic hydroxyl groups excluding tert-OH is 1. The molecule has 0 spiro atoms. The van der Waals surface area contributed by atoms with Gasteiger partial charge in [0, 0.05) is 11.4 Å². The molecular weight excluding hydrogens is 186 g/mol. The van der Waals surface area contributed by atoms with Gasteiger partial charge in [0.15, 0.2) is 0 Å². The van der Waals surface area contributed by atoms with Crippen molar-refractivity contribution in [2.75, 3.05) is 13.7 Å². The maximum absolute atomic E-state index is 9.24. The highest BCUT2D eigenvalue weighted by Gasteiger charge is 2.02. The van der Waals surface area contributed by atoms with Crippen molar-refractivity contribution < 1.29 is 9.84 Å². The van der Waals surface area contributed by atoms with Crippen LogP contribution in [0.15, 0.2) is 29.2 Å². The Morgan fingerprint density at radius 1 is 1.46 bits per heavy atom. The van der Waals surface area contributed by atoms with Crippen LogP contribution in [0.5, 0.6) is 5.75 Å². The second-order valence-electron chi connectivity index (χ2n) is 2.48. The minimum atomic E-state index is -0.534. The number of rotatable bonds is 4. The lowest BCUT2D eigenvalue weighted by Gasteiger charge is -2.07. The van der Waals surface area contributed by atoms with Gasteiger partial charge >= 0.3 is 0 Å². The zero-order chi connectivity index (χ0) is 9.68. The van der Waals surface area contributed by atoms with Crippen LogP contribution < -0.4 is 10.5 Å². The highest BCUT2D eigenvalue weighted by atomic mass is 32.2. The molecule has 0 radical (unpaired) electrons. The first-order valence-corrected chi connectivity index (χ1v) is 4.83. The zero-order valence-electron chi connectivity index (χ0n) is 7.43. The molecule has 0 heterocycles. The number of benzene rings is 1. The Hall–Kier alpha value is -0.710. The lowest BCUT2D eigenvalue weighted by molar-refractivity contribution is 0.271. The molecule has 4 heteroatoms. The molecule has 0 fully saturated rings. The van der Waals surface area contributed by atoms with Crippen LogP contribution in [0.25, 0.3) is 0 Å².